The molecule has 1 aromatic rings. The van der Waals surface area contributed by atoms with Gasteiger partial charge in [0.15, 0.2) is 6.10 Å². The van der Waals surface area contributed by atoms with Crippen LogP contribution in [0, 0.1) is 0 Å². The molecule has 1 heterocycles. The number of ether oxygens (including phenoxy) is 2. The lowest BCUT2D eigenvalue weighted by molar-refractivity contribution is -0.154. The first-order chi connectivity index (χ1) is 9.52. The Morgan fingerprint density at radius 1 is 1.50 bits per heavy atom. The van der Waals surface area contributed by atoms with E-state index in [2.05, 4.69) is 15.9 Å². The maximum absolute atomic E-state index is 12.3. The molecule has 20 heavy (non-hydrogen) atoms. The highest BCUT2D eigenvalue weighted by Crippen LogP contribution is 2.26. The highest BCUT2D eigenvalue weighted by molar-refractivity contribution is 9.10. The number of aliphatic carboxylic acids is 1. The van der Waals surface area contributed by atoms with Crippen LogP contribution in [0.15, 0.2) is 22.7 Å². The van der Waals surface area contributed by atoms with Crippen molar-refractivity contribution in [2.75, 3.05) is 26.8 Å². The van der Waals surface area contributed by atoms with Gasteiger partial charge in [-0.3, -0.25) is 4.79 Å². The van der Waals surface area contributed by atoms with Gasteiger partial charge in [0.05, 0.1) is 24.7 Å². The summed E-state index contributed by atoms with van der Waals surface area (Å²) < 4.78 is 10.9. The van der Waals surface area contributed by atoms with Crippen molar-refractivity contribution in [1.82, 2.24) is 4.90 Å². The fourth-order valence-corrected chi connectivity index (χ4v) is 2.51. The van der Waals surface area contributed by atoms with E-state index < -0.39 is 12.1 Å². The van der Waals surface area contributed by atoms with Gasteiger partial charge in [-0.05, 0) is 34.1 Å². The van der Waals surface area contributed by atoms with E-state index in [4.69, 9.17) is 14.6 Å². The molecule has 7 heteroatoms. The van der Waals surface area contributed by atoms with Gasteiger partial charge in [-0.15, -0.1) is 0 Å². The van der Waals surface area contributed by atoms with E-state index in [1.807, 2.05) is 0 Å². The van der Waals surface area contributed by atoms with Crippen molar-refractivity contribution in [3.63, 3.8) is 0 Å². The Balaban J connectivity index is 2.14. The van der Waals surface area contributed by atoms with Crippen molar-refractivity contribution in [2.24, 2.45) is 0 Å². The molecule has 108 valence electrons. The summed E-state index contributed by atoms with van der Waals surface area (Å²) >= 11 is 3.32. The fourth-order valence-electron chi connectivity index (χ4n) is 1.97. The van der Waals surface area contributed by atoms with Crippen LogP contribution in [-0.4, -0.2) is 54.8 Å². The zero-order valence-electron chi connectivity index (χ0n) is 10.8. The van der Waals surface area contributed by atoms with E-state index in [1.54, 1.807) is 25.3 Å². The van der Waals surface area contributed by atoms with Gasteiger partial charge in [0.1, 0.15) is 5.75 Å². The highest BCUT2D eigenvalue weighted by atomic mass is 79.9. The molecule has 0 radical (unpaired) electrons. The average molecular weight is 344 g/mol. The molecule has 1 unspecified atom stereocenters. The largest absolute Gasteiger partial charge is 0.496 e. The Labute approximate surface area is 124 Å². The van der Waals surface area contributed by atoms with Crippen LogP contribution in [-0.2, 0) is 9.53 Å². The summed E-state index contributed by atoms with van der Waals surface area (Å²) in [4.78, 5) is 24.7. The minimum atomic E-state index is -1.06. The highest BCUT2D eigenvalue weighted by Gasteiger charge is 2.29. The van der Waals surface area contributed by atoms with Crippen molar-refractivity contribution < 1.29 is 24.2 Å². The second-order valence-electron chi connectivity index (χ2n) is 4.30. The summed E-state index contributed by atoms with van der Waals surface area (Å²) in [5.41, 5.74) is 0.476. The Bertz CT molecular complexity index is 533. The molecule has 2 rings (SSSR count). The van der Waals surface area contributed by atoms with Crippen LogP contribution in [0.2, 0.25) is 0 Å². The van der Waals surface area contributed by atoms with Crippen molar-refractivity contribution in [1.29, 1.82) is 0 Å². The van der Waals surface area contributed by atoms with Crippen LogP contribution in [0.5, 0.6) is 5.75 Å². The number of rotatable bonds is 3. The maximum atomic E-state index is 12.3. The van der Waals surface area contributed by atoms with Crippen LogP contribution in [0.3, 0.4) is 0 Å². The molecule has 1 N–H and O–H groups in total. The van der Waals surface area contributed by atoms with Gasteiger partial charge >= 0.3 is 5.97 Å². The van der Waals surface area contributed by atoms with Crippen LogP contribution >= 0.6 is 15.9 Å². The average Bonchev–Trinajstić information content (AvgIpc) is 2.46. The van der Waals surface area contributed by atoms with Crippen LogP contribution < -0.4 is 4.74 Å². The minimum Gasteiger partial charge on any atom is -0.496 e. The quantitative estimate of drug-likeness (QED) is 0.897. The third-order valence-electron chi connectivity index (χ3n) is 3.03. The molecule has 0 bridgehead atoms. The Kier molecular flexibility index (Phi) is 4.61. The molecule has 1 amide bonds. The SMILES string of the molecule is COc1ccc(C(=O)N2CCOC(C(=O)O)C2)cc1Br. The lowest BCUT2D eigenvalue weighted by Gasteiger charge is -2.31. The second-order valence-corrected chi connectivity index (χ2v) is 5.15. The molecule has 0 saturated carbocycles. The first-order valence-electron chi connectivity index (χ1n) is 6.00. The number of carbonyl (C=O) groups excluding carboxylic acids is 1. The first kappa shape index (κ1) is 14.8. The molecule has 1 aliphatic rings. The smallest absolute Gasteiger partial charge is 0.334 e. The summed E-state index contributed by atoms with van der Waals surface area (Å²) in [5, 5.41) is 8.93. The van der Waals surface area contributed by atoms with Crippen molar-refractivity contribution in [3.8, 4) is 5.75 Å². The lowest BCUT2D eigenvalue weighted by atomic mass is 10.1. The molecule has 1 atom stereocenters. The fraction of sp³-hybridized carbons (Fsp3) is 0.385. The van der Waals surface area contributed by atoms with E-state index in [9.17, 15) is 9.59 Å². The van der Waals surface area contributed by atoms with Gasteiger partial charge in [0.25, 0.3) is 5.91 Å². The molecule has 6 nitrogen and oxygen atoms in total. The minimum absolute atomic E-state index is 0.0534. The molecule has 1 aliphatic heterocycles. The van der Waals surface area contributed by atoms with Crippen LogP contribution in [0.1, 0.15) is 10.4 Å². The summed E-state index contributed by atoms with van der Waals surface area (Å²) in [6.45, 7) is 0.657. The van der Waals surface area contributed by atoms with Crippen molar-refractivity contribution in [3.05, 3.63) is 28.2 Å². The van der Waals surface area contributed by atoms with Crippen LogP contribution in [0.25, 0.3) is 0 Å². The van der Waals surface area contributed by atoms with Gasteiger partial charge < -0.3 is 19.5 Å². The van der Waals surface area contributed by atoms with Gasteiger partial charge in [-0.2, -0.15) is 0 Å². The normalized spacial score (nSPS) is 18.7. The maximum Gasteiger partial charge on any atom is 0.334 e. The van der Waals surface area contributed by atoms with Crippen molar-refractivity contribution in [2.45, 2.75) is 6.10 Å². The molecule has 1 saturated heterocycles. The van der Waals surface area contributed by atoms with Crippen molar-refractivity contribution >= 4 is 27.8 Å². The molecule has 0 aliphatic carbocycles. The number of carboxylic acid groups (broad SMARTS) is 1. The predicted molar refractivity (Wildman–Crippen MR) is 74.0 cm³/mol. The summed E-state index contributed by atoms with van der Waals surface area (Å²) in [6, 6.07) is 5.00. The number of benzene rings is 1. The number of amides is 1. The van der Waals surface area contributed by atoms with Crippen LogP contribution in [0.4, 0.5) is 0 Å². The van der Waals surface area contributed by atoms with E-state index in [-0.39, 0.29) is 19.1 Å². The number of hydrogen-bond donors (Lipinski definition) is 1. The Morgan fingerprint density at radius 2 is 2.25 bits per heavy atom. The first-order valence-corrected chi connectivity index (χ1v) is 6.79. The number of methoxy groups -OCH3 is 1. The van der Waals surface area contributed by atoms with E-state index >= 15 is 0 Å². The zero-order chi connectivity index (χ0) is 14.7. The Morgan fingerprint density at radius 3 is 2.85 bits per heavy atom. The molecular formula is C13H14BrNO5. The molecule has 0 spiro atoms. The van der Waals surface area contributed by atoms with Gasteiger partial charge in [-0.25, -0.2) is 4.79 Å². The number of hydrogen-bond acceptors (Lipinski definition) is 4. The number of carbonyl (C=O) groups is 2. The topological polar surface area (TPSA) is 76.1 Å². The molecule has 0 aromatic heterocycles. The number of nitrogens with zero attached hydrogens (tertiary/aromatic N) is 1. The van der Waals surface area contributed by atoms with E-state index in [0.29, 0.717) is 22.3 Å². The van der Waals surface area contributed by atoms with E-state index in [1.165, 1.54) is 4.90 Å². The van der Waals surface area contributed by atoms with Gasteiger partial charge in [-0.1, -0.05) is 0 Å². The van der Waals surface area contributed by atoms with E-state index in [0.717, 1.165) is 0 Å². The lowest BCUT2D eigenvalue weighted by Crippen LogP contribution is -2.48. The number of morpholine rings is 1. The molecular weight excluding hydrogens is 330 g/mol. The van der Waals surface area contributed by atoms with Gasteiger partial charge in [0, 0.05) is 12.1 Å². The second kappa shape index (κ2) is 6.23. The summed E-state index contributed by atoms with van der Waals surface area (Å²) in [7, 11) is 1.54. The third kappa shape index (κ3) is 3.10. The van der Waals surface area contributed by atoms with Gasteiger partial charge in [0.2, 0.25) is 0 Å². The number of halogens is 1. The zero-order valence-corrected chi connectivity index (χ0v) is 12.4. The monoisotopic (exact) mass is 343 g/mol. The third-order valence-corrected chi connectivity index (χ3v) is 3.65. The summed E-state index contributed by atoms with van der Waals surface area (Å²) in [5.74, 6) is -0.645. The molecule has 1 aromatic carbocycles. The molecule has 1 fully saturated rings. The predicted octanol–water partition coefficient (Wildman–Crippen LogP) is 1.38. The standard InChI is InChI=1S/C13H14BrNO5/c1-19-10-3-2-8(6-9(10)14)12(16)15-4-5-20-11(7-15)13(17)18/h2-3,6,11H,4-5,7H2,1H3,(H,17,18). The Hall–Kier alpha value is -1.60. The summed E-state index contributed by atoms with van der Waals surface area (Å²) in [6.07, 6.45) is -0.964. The number of carboxylic acids is 1.